The molecule has 0 aromatic carbocycles. The van der Waals surface area contributed by atoms with Crippen LogP contribution in [0.4, 0.5) is 10.6 Å². The molecular weight excluding hydrogens is 326 g/mol. The molecule has 0 aliphatic heterocycles. The fourth-order valence-electron chi connectivity index (χ4n) is 3.13. The molecule has 1 N–H and O–H groups in total. The first-order chi connectivity index (χ1) is 12.7. The molecule has 2 heterocycles. The second-order valence-electron chi connectivity index (χ2n) is 6.85. The molecule has 0 saturated heterocycles. The van der Waals surface area contributed by atoms with E-state index in [0.29, 0.717) is 12.5 Å². The van der Waals surface area contributed by atoms with Crippen molar-refractivity contribution in [3.63, 3.8) is 0 Å². The van der Waals surface area contributed by atoms with E-state index in [1.807, 2.05) is 23.0 Å². The number of hydrogen-bond donors (Lipinski definition) is 1. The van der Waals surface area contributed by atoms with E-state index in [-0.39, 0.29) is 6.03 Å². The van der Waals surface area contributed by atoms with E-state index >= 15 is 0 Å². The van der Waals surface area contributed by atoms with Crippen molar-refractivity contribution in [3.8, 4) is 0 Å². The van der Waals surface area contributed by atoms with Gasteiger partial charge in [-0.2, -0.15) is 5.10 Å². The third-order valence-corrected chi connectivity index (χ3v) is 4.80. The number of carbonyl (C=O) groups is 1. The van der Waals surface area contributed by atoms with Crippen molar-refractivity contribution in [2.24, 2.45) is 5.92 Å². The maximum atomic E-state index is 12.5. The Morgan fingerprint density at radius 1 is 1.35 bits per heavy atom. The summed E-state index contributed by atoms with van der Waals surface area (Å²) in [6, 6.07) is 5.72. The van der Waals surface area contributed by atoms with E-state index in [4.69, 9.17) is 0 Å². The minimum absolute atomic E-state index is 0.156. The summed E-state index contributed by atoms with van der Waals surface area (Å²) in [5, 5.41) is 7.34. The van der Waals surface area contributed by atoms with Crippen LogP contribution < -0.4 is 5.32 Å². The van der Waals surface area contributed by atoms with Crippen LogP contribution in [0.5, 0.6) is 0 Å². The summed E-state index contributed by atoms with van der Waals surface area (Å²) in [7, 11) is 1.78. The lowest BCUT2D eigenvalue weighted by molar-refractivity contribution is 0.220. The molecule has 6 heteroatoms. The molecule has 2 amide bonds. The highest BCUT2D eigenvalue weighted by Gasteiger charge is 2.16. The van der Waals surface area contributed by atoms with E-state index < -0.39 is 0 Å². The molecule has 2 aromatic rings. The Kier molecular flexibility index (Phi) is 6.04. The monoisotopic (exact) mass is 353 g/mol. The van der Waals surface area contributed by atoms with Crippen molar-refractivity contribution in [2.45, 2.75) is 45.7 Å². The summed E-state index contributed by atoms with van der Waals surface area (Å²) in [6.07, 6.45) is 12.4. The molecule has 2 aromatic heterocycles. The van der Waals surface area contributed by atoms with Gasteiger partial charge in [0.2, 0.25) is 0 Å². The molecular formula is C20H27N5O. The van der Waals surface area contributed by atoms with E-state index in [1.54, 1.807) is 18.1 Å². The molecule has 0 fully saturated rings. The molecule has 1 aliphatic carbocycles. The van der Waals surface area contributed by atoms with Gasteiger partial charge in [0.1, 0.15) is 5.82 Å². The Bertz CT molecular complexity index is 750. The SMILES string of the molecule is CCc1ccc(CN(C)C(=O)Nc2ccnn2C[C@H]2CC=CCC2)nc1. The topological polar surface area (TPSA) is 63.1 Å². The van der Waals surface area contributed by atoms with Gasteiger partial charge in [0.15, 0.2) is 0 Å². The molecule has 3 rings (SSSR count). The van der Waals surface area contributed by atoms with Crippen LogP contribution in [0, 0.1) is 5.92 Å². The fraction of sp³-hybridized carbons (Fsp3) is 0.450. The lowest BCUT2D eigenvalue weighted by atomic mass is 9.94. The summed E-state index contributed by atoms with van der Waals surface area (Å²) in [5.74, 6) is 1.32. The highest BCUT2D eigenvalue weighted by molar-refractivity contribution is 5.88. The first-order valence-corrected chi connectivity index (χ1v) is 9.28. The van der Waals surface area contributed by atoms with Crippen molar-refractivity contribution in [2.75, 3.05) is 12.4 Å². The molecule has 1 aliphatic rings. The van der Waals surface area contributed by atoms with Crippen molar-refractivity contribution in [1.29, 1.82) is 0 Å². The zero-order chi connectivity index (χ0) is 18.4. The number of hydrogen-bond acceptors (Lipinski definition) is 3. The number of allylic oxidation sites excluding steroid dienone is 2. The third kappa shape index (κ3) is 4.71. The number of nitrogens with zero attached hydrogens (tertiary/aromatic N) is 4. The van der Waals surface area contributed by atoms with Gasteiger partial charge in [0, 0.05) is 25.9 Å². The highest BCUT2D eigenvalue weighted by atomic mass is 16.2. The second kappa shape index (κ2) is 8.65. The Balaban J connectivity index is 1.57. The maximum Gasteiger partial charge on any atom is 0.323 e. The summed E-state index contributed by atoms with van der Waals surface area (Å²) >= 11 is 0. The predicted molar refractivity (Wildman–Crippen MR) is 103 cm³/mol. The molecule has 0 saturated carbocycles. The Labute approximate surface area is 154 Å². The lowest BCUT2D eigenvalue weighted by Gasteiger charge is -2.21. The van der Waals surface area contributed by atoms with E-state index in [0.717, 1.165) is 37.3 Å². The van der Waals surface area contributed by atoms with Crippen LogP contribution in [0.15, 0.2) is 42.7 Å². The molecule has 26 heavy (non-hydrogen) atoms. The third-order valence-electron chi connectivity index (χ3n) is 4.80. The van der Waals surface area contributed by atoms with Crippen LogP contribution in [0.3, 0.4) is 0 Å². The van der Waals surface area contributed by atoms with E-state index in [2.05, 4.69) is 40.5 Å². The largest absolute Gasteiger partial charge is 0.323 e. The van der Waals surface area contributed by atoms with Gasteiger partial charge in [-0.25, -0.2) is 9.48 Å². The summed E-state index contributed by atoms with van der Waals surface area (Å²) in [5.41, 5.74) is 2.07. The van der Waals surface area contributed by atoms with Crippen molar-refractivity contribution in [1.82, 2.24) is 19.7 Å². The number of aromatic nitrogens is 3. The fourth-order valence-corrected chi connectivity index (χ4v) is 3.13. The zero-order valence-corrected chi connectivity index (χ0v) is 15.6. The Morgan fingerprint density at radius 3 is 2.92 bits per heavy atom. The number of urea groups is 1. The molecule has 6 nitrogen and oxygen atoms in total. The van der Waals surface area contributed by atoms with Gasteiger partial charge in [-0.15, -0.1) is 0 Å². The second-order valence-corrected chi connectivity index (χ2v) is 6.85. The first kappa shape index (κ1) is 18.2. The molecule has 1 atom stereocenters. The minimum Gasteiger partial charge on any atom is -0.322 e. The van der Waals surface area contributed by atoms with E-state index in [1.165, 1.54) is 12.0 Å². The molecule has 0 radical (unpaired) electrons. The number of pyridine rings is 1. The number of nitrogens with one attached hydrogen (secondary N) is 1. The average molecular weight is 353 g/mol. The zero-order valence-electron chi connectivity index (χ0n) is 15.6. The van der Waals surface area contributed by atoms with Crippen LogP contribution in [0.1, 0.15) is 37.4 Å². The number of rotatable bonds is 6. The number of aryl methyl sites for hydroxylation is 1. The highest BCUT2D eigenvalue weighted by Crippen LogP contribution is 2.21. The van der Waals surface area contributed by atoms with Crippen LogP contribution in [-0.4, -0.2) is 32.7 Å². The normalized spacial score (nSPS) is 16.5. The van der Waals surface area contributed by atoms with Gasteiger partial charge in [-0.1, -0.05) is 25.1 Å². The smallest absolute Gasteiger partial charge is 0.322 e. The standard InChI is InChI=1S/C20H27N5O/c1-3-16-9-10-18(21-13-16)15-24(2)20(26)23-19-11-12-22-25(19)14-17-7-5-4-6-8-17/h4-5,9-13,17H,3,6-8,14-15H2,1-2H3,(H,23,26)/t17-/m0/s1. The predicted octanol–water partition coefficient (Wildman–Crippen LogP) is 3.86. The minimum atomic E-state index is -0.156. The number of carbonyl (C=O) groups excluding carboxylic acids is 1. The van der Waals surface area contributed by atoms with Gasteiger partial charge >= 0.3 is 6.03 Å². The van der Waals surface area contributed by atoms with E-state index in [9.17, 15) is 4.79 Å². The van der Waals surface area contributed by atoms with Crippen LogP contribution in [0.2, 0.25) is 0 Å². The van der Waals surface area contributed by atoms with Gasteiger partial charge in [0.05, 0.1) is 18.4 Å². The maximum absolute atomic E-state index is 12.5. The Hall–Kier alpha value is -2.63. The molecule has 138 valence electrons. The quantitative estimate of drug-likeness (QED) is 0.802. The Morgan fingerprint density at radius 2 is 2.23 bits per heavy atom. The van der Waals surface area contributed by atoms with Crippen LogP contribution in [0.25, 0.3) is 0 Å². The van der Waals surface area contributed by atoms with Gasteiger partial charge < -0.3 is 4.90 Å². The van der Waals surface area contributed by atoms with Crippen molar-refractivity contribution in [3.05, 3.63) is 54.0 Å². The molecule has 0 bridgehead atoms. The first-order valence-electron chi connectivity index (χ1n) is 9.28. The number of amides is 2. The van der Waals surface area contributed by atoms with Gasteiger partial charge in [-0.05, 0) is 43.2 Å². The van der Waals surface area contributed by atoms with Gasteiger partial charge in [-0.3, -0.25) is 10.3 Å². The summed E-state index contributed by atoms with van der Waals surface area (Å²) in [4.78, 5) is 18.6. The molecule has 0 unspecified atom stereocenters. The van der Waals surface area contributed by atoms with Gasteiger partial charge in [0.25, 0.3) is 0 Å². The average Bonchev–Trinajstić information content (AvgIpc) is 3.09. The van der Waals surface area contributed by atoms with Crippen LogP contribution >= 0.6 is 0 Å². The molecule has 0 spiro atoms. The van der Waals surface area contributed by atoms with Crippen molar-refractivity contribution >= 4 is 11.8 Å². The van der Waals surface area contributed by atoms with Crippen LogP contribution in [-0.2, 0) is 19.5 Å². The number of anilines is 1. The van der Waals surface area contributed by atoms with Crippen molar-refractivity contribution < 1.29 is 4.79 Å². The summed E-state index contributed by atoms with van der Waals surface area (Å²) < 4.78 is 1.89. The lowest BCUT2D eigenvalue weighted by Crippen LogP contribution is -2.32. The summed E-state index contributed by atoms with van der Waals surface area (Å²) in [6.45, 7) is 3.40.